The van der Waals surface area contributed by atoms with Gasteiger partial charge in [-0.05, 0) is 0 Å². The van der Waals surface area contributed by atoms with Crippen LogP contribution in [0.2, 0.25) is 30.7 Å². The third-order valence-corrected chi connectivity index (χ3v) is 2.81. The Kier molecular flexibility index (Phi) is 2.16. The van der Waals surface area contributed by atoms with Crippen LogP contribution in [0.25, 0.3) is 0 Å². The molecule has 2 aliphatic heterocycles. The van der Waals surface area contributed by atoms with Crippen LogP contribution in [0.15, 0.2) is 0 Å². The van der Waals surface area contributed by atoms with E-state index in [2.05, 4.69) is 21.8 Å². The molecule has 0 nitrogen and oxygen atoms in total. The zero-order valence-electron chi connectivity index (χ0n) is 6.42. The standard InChI is InChI=1S/C6H11B4/c1-2-8-6-9-4-7-5-10(6)3-1/h6H,1-5H2. The second-order valence-electron chi connectivity index (χ2n) is 3.50. The molecule has 0 aromatic rings. The fourth-order valence-corrected chi connectivity index (χ4v) is 2.20. The van der Waals surface area contributed by atoms with Crippen molar-refractivity contribution < 1.29 is 0 Å². The van der Waals surface area contributed by atoms with Gasteiger partial charge in [-0.2, -0.15) is 0 Å². The lowest BCUT2D eigenvalue weighted by atomic mass is 9.07. The van der Waals surface area contributed by atoms with Gasteiger partial charge in [0.1, 0.15) is 6.71 Å². The first-order valence-electron chi connectivity index (χ1n) is 4.45. The summed E-state index contributed by atoms with van der Waals surface area (Å²) in [5, 5.41) is 0. The minimum Gasteiger partial charge on any atom is -0.117 e. The normalized spacial score (nSPS) is 31.2. The van der Waals surface area contributed by atoms with E-state index in [1.165, 1.54) is 31.5 Å². The van der Waals surface area contributed by atoms with Crippen molar-refractivity contribution in [2.45, 2.75) is 37.1 Å². The Morgan fingerprint density at radius 1 is 1.30 bits per heavy atom. The SMILES string of the molecule is [B]1C[B]C2[B]CCCB2C1. The van der Waals surface area contributed by atoms with Gasteiger partial charge in [0, 0.05) is 0 Å². The Morgan fingerprint density at radius 2 is 2.30 bits per heavy atom. The predicted octanol–water partition coefficient (Wildman–Crippen LogP) is 1.05. The van der Waals surface area contributed by atoms with Crippen LogP contribution in [0.5, 0.6) is 0 Å². The van der Waals surface area contributed by atoms with Crippen LogP contribution in [-0.2, 0) is 0 Å². The van der Waals surface area contributed by atoms with Crippen LogP contribution in [0.1, 0.15) is 6.42 Å². The van der Waals surface area contributed by atoms with Crippen molar-refractivity contribution in [3.63, 3.8) is 0 Å². The molecule has 0 spiro atoms. The number of fused-ring (bicyclic) bond motifs is 1. The fourth-order valence-electron chi connectivity index (χ4n) is 2.20. The maximum absolute atomic E-state index is 2.52. The Bertz CT molecular complexity index is 90.3. The van der Waals surface area contributed by atoms with E-state index in [0.717, 1.165) is 12.3 Å². The zero-order chi connectivity index (χ0) is 6.81. The molecule has 0 aliphatic carbocycles. The molecule has 2 saturated heterocycles. The van der Waals surface area contributed by atoms with Crippen LogP contribution in [0.3, 0.4) is 0 Å². The highest BCUT2D eigenvalue weighted by atomic mass is 13.9. The number of hydrogen-bond donors (Lipinski definition) is 0. The molecule has 0 amide bonds. The van der Waals surface area contributed by atoms with E-state index in [9.17, 15) is 0 Å². The molecule has 2 aliphatic rings. The summed E-state index contributed by atoms with van der Waals surface area (Å²) >= 11 is 0. The Morgan fingerprint density at radius 3 is 3.20 bits per heavy atom. The first-order valence-corrected chi connectivity index (χ1v) is 4.45. The van der Waals surface area contributed by atoms with E-state index in [1.807, 2.05) is 0 Å². The minimum atomic E-state index is 0.874. The van der Waals surface area contributed by atoms with E-state index >= 15 is 0 Å². The Hall–Kier alpha value is 0.260. The van der Waals surface area contributed by atoms with Crippen molar-refractivity contribution in [1.29, 1.82) is 0 Å². The van der Waals surface area contributed by atoms with Crippen molar-refractivity contribution >= 4 is 28.6 Å². The molecule has 4 heteroatoms. The molecular weight excluding hydrogens is 115 g/mol. The molecule has 0 aromatic carbocycles. The van der Waals surface area contributed by atoms with Crippen LogP contribution >= 0.6 is 0 Å². The lowest BCUT2D eigenvalue weighted by molar-refractivity contribution is 1.01. The molecule has 3 radical (unpaired) electrons. The Balaban J connectivity index is 1.93. The lowest BCUT2D eigenvalue weighted by Gasteiger charge is -2.31. The van der Waals surface area contributed by atoms with E-state index < -0.39 is 0 Å². The van der Waals surface area contributed by atoms with Crippen molar-refractivity contribution in [3.8, 4) is 0 Å². The highest BCUT2D eigenvalue weighted by Crippen LogP contribution is 2.28. The molecule has 10 heavy (non-hydrogen) atoms. The lowest BCUT2D eigenvalue weighted by Crippen LogP contribution is -2.38. The summed E-state index contributed by atoms with van der Waals surface area (Å²) in [6.07, 6.45) is 6.88. The summed E-state index contributed by atoms with van der Waals surface area (Å²) < 4.78 is 0. The van der Waals surface area contributed by atoms with Gasteiger partial charge in [-0.15, -0.1) is 18.1 Å². The zero-order valence-corrected chi connectivity index (χ0v) is 6.42. The molecule has 2 heterocycles. The van der Waals surface area contributed by atoms with Gasteiger partial charge in [0.25, 0.3) is 0 Å². The molecule has 0 aromatic heterocycles. The van der Waals surface area contributed by atoms with Crippen molar-refractivity contribution in [1.82, 2.24) is 0 Å². The summed E-state index contributed by atoms with van der Waals surface area (Å²) in [5.74, 6) is 0. The van der Waals surface area contributed by atoms with E-state index in [1.54, 1.807) is 0 Å². The third-order valence-electron chi connectivity index (χ3n) is 2.81. The minimum absolute atomic E-state index is 0.874. The molecule has 0 bridgehead atoms. The van der Waals surface area contributed by atoms with Crippen molar-refractivity contribution in [2.75, 3.05) is 0 Å². The molecule has 2 rings (SSSR count). The van der Waals surface area contributed by atoms with Gasteiger partial charge < -0.3 is 0 Å². The average Bonchev–Trinajstić information content (AvgIpc) is 2.05. The van der Waals surface area contributed by atoms with Crippen LogP contribution in [0, 0.1) is 0 Å². The molecule has 0 N–H and O–H groups in total. The third kappa shape index (κ3) is 1.31. The topological polar surface area (TPSA) is 0 Å². The summed E-state index contributed by atoms with van der Waals surface area (Å²) in [5.41, 5.74) is 0.874. The summed E-state index contributed by atoms with van der Waals surface area (Å²) in [4.78, 5) is 0. The van der Waals surface area contributed by atoms with E-state index in [-0.39, 0.29) is 0 Å². The highest BCUT2D eigenvalue weighted by molar-refractivity contribution is 6.94. The molecule has 2 fully saturated rings. The van der Waals surface area contributed by atoms with Gasteiger partial charge in [0.05, 0.1) is 21.8 Å². The second kappa shape index (κ2) is 3.11. The monoisotopic (exact) mass is 127 g/mol. The number of hydrogen-bond acceptors (Lipinski definition) is 0. The number of rotatable bonds is 0. The predicted molar refractivity (Wildman–Crippen MR) is 50.6 cm³/mol. The maximum Gasteiger partial charge on any atom is 0.119 e. The van der Waals surface area contributed by atoms with Crippen molar-refractivity contribution in [3.05, 3.63) is 0 Å². The largest absolute Gasteiger partial charge is 0.119 e. The Labute approximate surface area is 66.3 Å². The maximum atomic E-state index is 2.52. The second-order valence-corrected chi connectivity index (χ2v) is 3.50. The summed E-state index contributed by atoms with van der Waals surface area (Å²) in [7, 11) is 7.43. The van der Waals surface area contributed by atoms with Gasteiger partial charge >= 0.3 is 0 Å². The molecule has 1 atom stereocenters. The van der Waals surface area contributed by atoms with Gasteiger partial charge in [0.2, 0.25) is 0 Å². The van der Waals surface area contributed by atoms with E-state index in [4.69, 9.17) is 0 Å². The van der Waals surface area contributed by atoms with Crippen LogP contribution in [0.4, 0.5) is 0 Å². The molecular formula is C6H11B4. The molecule has 1 unspecified atom stereocenters. The van der Waals surface area contributed by atoms with E-state index in [0.29, 0.717) is 0 Å². The van der Waals surface area contributed by atoms with Gasteiger partial charge in [-0.3, -0.25) is 0 Å². The van der Waals surface area contributed by atoms with Crippen LogP contribution < -0.4 is 0 Å². The fraction of sp³-hybridized carbons (Fsp3) is 1.00. The van der Waals surface area contributed by atoms with Crippen LogP contribution in [-0.4, -0.2) is 28.6 Å². The smallest absolute Gasteiger partial charge is 0.117 e. The van der Waals surface area contributed by atoms with Gasteiger partial charge in [0.15, 0.2) is 0 Å². The van der Waals surface area contributed by atoms with Gasteiger partial charge in [-0.25, -0.2) is 0 Å². The molecule has 0 saturated carbocycles. The van der Waals surface area contributed by atoms with Gasteiger partial charge in [-0.1, -0.05) is 19.1 Å². The highest BCUT2D eigenvalue weighted by Gasteiger charge is 2.30. The summed E-state index contributed by atoms with van der Waals surface area (Å²) in [6, 6.07) is 0. The molecule has 47 valence electrons. The summed E-state index contributed by atoms with van der Waals surface area (Å²) in [6.45, 7) is 0.988. The average molecular weight is 126 g/mol. The first kappa shape index (κ1) is 6.94. The van der Waals surface area contributed by atoms with Crippen molar-refractivity contribution in [2.24, 2.45) is 0 Å². The quantitative estimate of drug-likeness (QED) is 0.426. The first-order chi connectivity index (χ1) is 4.97.